The molecule has 124 valence electrons. The Bertz CT molecular complexity index is 703. The number of β-lactam (4-membered cyclic amide) rings is 1. The summed E-state index contributed by atoms with van der Waals surface area (Å²) < 4.78 is 5.42. The number of benzene rings is 2. The summed E-state index contributed by atoms with van der Waals surface area (Å²) in [5, 5.41) is 2.76. The van der Waals surface area contributed by atoms with E-state index in [1.165, 1.54) is 4.90 Å². The van der Waals surface area contributed by atoms with Gasteiger partial charge in [-0.15, -0.1) is 0 Å². The van der Waals surface area contributed by atoms with E-state index in [-0.39, 0.29) is 18.6 Å². The molecule has 0 unspecified atom stereocenters. The molecule has 1 aliphatic heterocycles. The van der Waals surface area contributed by atoms with Gasteiger partial charge in [-0.2, -0.15) is 0 Å². The lowest BCUT2D eigenvalue weighted by Crippen LogP contribution is -2.68. The second-order valence-electron chi connectivity index (χ2n) is 5.90. The minimum absolute atomic E-state index is 0.0783. The fraction of sp³-hybridized carbons (Fsp3) is 0.263. The standard InChI is InChI=1S/C19H20N2O3/c1-14-17(18(22)20-14)21(12-15-8-4-2-5-9-15)19(23)24-13-16-10-6-3-7-11-16/h2-11,14,17H,12-13H2,1H3,(H,20,22)/t14-,17-/m1/s1. The molecule has 0 aliphatic carbocycles. The van der Waals surface area contributed by atoms with E-state index < -0.39 is 12.1 Å². The first-order valence-electron chi connectivity index (χ1n) is 7.97. The number of carbonyl (C=O) groups excluding carboxylic acids is 2. The third-order valence-electron chi connectivity index (χ3n) is 4.08. The summed E-state index contributed by atoms with van der Waals surface area (Å²) in [5.74, 6) is -0.143. The molecule has 1 aliphatic rings. The van der Waals surface area contributed by atoms with E-state index in [9.17, 15) is 9.59 Å². The lowest BCUT2D eigenvalue weighted by atomic mass is 9.98. The fourth-order valence-corrected chi connectivity index (χ4v) is 2.79. The van der Waals surface area contributed by atoms with Gasteiger partial charge in [0.25, 0.3) is 0 Å². The molecule has 2 aromatic rings. The second kappa shape index (κ2) is 7.17. The number of nitrogens with zero attached hydrogens (tertiary/aromatic N) is 1. The van der Waals surface area contributed by atoms with Gasteiger partial charge in [0.1, 0.15) is 12.6 Å². The van der Waals surface area contributed by atoms with Crippen molar-refractivity contribution in [2.45, 2.75) is 32.2 Å². The molecule has 24 heavy (non-hydrogen) atoms. The predicted octanol–water partition coefficient (Wildman–Crippen LogP) is 2.71. The van der Waals surface area contributed by atoms with Crippen LogP contribution in [0.25, 0.3) is 0 Å². The zero-order chi connectivity index (χ0) is 16.9. The highest BCUT2D eigenvalue weighted by atomic mass is 16.6. The van der Waals surface area contributed by atoms with E-state index in [4.69, 9.17) is 4.74 Å². The van der Waals surface area contributed by atoms with Gasteiger partial charge in [-0.3, -0.25) is 9.69 Å². The molecule has 1 N–H and O–H groups in total. The van der Waals surface area contributed by atoms with E-state index in [1.807, 2.05) is 67.6 Å². The summed E-state index contributed by atoms with van der Waals surface area (Å²) in [4.78, 5) is 26.0. The monoisotopic (exact) mass is 324 g/mol. The third kappa shape index (κ3) is 3.56. The van der Waals surface area contributed by atoms with Crippen LogP contribution in [0.3, 0.4) is 0 Å². The topological polar surface area (TPSA) is 58.6 Å². The first kappa shape index (κ1) is 16.1. The van der Waals surface area contributed by atoms with Crippen LogP contribution in [0.15, 0.2) is 60.7 Å². The highest BCUT2D eigenvalue weighted by Crippen LogP contribution is 2.19. The van der Waals surface area contributed by atoms with Crippen molar-refractivity contribution in [3.05, 3.63) is 71.8 Å². The molecule has 2 amide bonds. The summed E-state index contributed by atoms with van der Waals surface area (Å²) in [7, 11) is 0. The Morgan fingerprint density at radius 3 is 2.17 bits per heavy atom. The lowest BCUT2D eigenvalue weighted by Gasteiger charge is -2.41. The van der Waals surface area contributed by atoms with Crippen LogP contribution in [0.1, 0.15) is 18.1 Å². The van der Waals surface area contributed by atoms with Gasteiger partial charge in [-0.25, -0.2) is 4.79 Å². The summed E-state index contributed by atoms with van der Waals surface area (Å²) in [6, 6.07) is 18.5. The summed E-state index contributed by atoms with van der Waals surface area (Å²) in [5.41, 5.74) is 1.87. The predicted molar refractivity (Wildman–Crippen MR) is 90.0 cm³/mol. The minimum atomic E-state index is -0.492. The minimum Gasteiger partial charge on any atom is -0.445 e. The Morgan fingerprint density at radius 2 is 1.62 bits per heavy atom. The maximum absolute atomic E-state index is 12.6. The van der Waals surface area contributed by atoms with Crippen LogP contribution < -0.4 is 5.32 Å². The number of nitrogens with one attached hydrogen (secondary N) is 1. The van der Waals surface area contributed by atoms with E-state index in [0.717, 1.165) is 11.1 Å². The lowest BCUT2D eigenvalue weighted by molar-refractivity contribution is -0.136. The molecular weight excluding hydrogens is 304 g/mol. The van der Waals surface area contributed by atoms with Crippen LogP contribution in [-0.4, -0.2) is 29.0 Å². The highest BCUT2D eigenvalue weighted by Gasteiger charge is 2.43. The molecule has 1 fully saturated rings. The molecule has 2 aromatic carbocycles. The highest BCUT2D eigenvalue weighted by molar-refractivity contribution is 5.92. The molecule has 5 nitrogen and oxygen atoms in total. The number of rotatable bonds is 5. The Kier molecular flexibility index (Phi) is 4.79. The second-order valence-corrected chi connectivity index (χ2v) is 5.90. The number of amides is 2. The Balaban J connectivity index is 1.71. The summed E-state index contributed by atoms with van der Waals surface area (Å²) in [6.07, 6.45) is -0.477. The van der Waals surface area contributed by atoms with Crippen LogP contribution in [0.5, 0.6) is 0 Å². The molecule has 3 rings (SSSR count). The van der Waals surface area contributed by atoms with Crippen LogP contribution in [-0.2, 0) is 22.7 Å². The third-order valence-corrected chi connectivity index (χ3v) is 4.08. The Morgan fingerprint density at radius 1 is 1.04 bits per heavy atom. The normalized spacial score (nSPS) is 19.1. The van der Waals surface area contributed by atoms with Gasteiger partial charge in [0, 0.05) is 6.54 Å². The average Bonchev–Trinajstić information content (AvgIpc) is 2.61. The van der Waals surface area contributed by atoms with Crippen LogP contribution >= 0.6 is 0 Å². The Labute approximate surface area is 141 Å². The molecule has 0 saturated carbocycles. The molecule has 1 heterocycles. The van der Waals surface area contributed by atoms with Crippen LogP contribution in [0, 0.1) is 0 Å². The van der Waals surface area contributed by atoms with Gasteiger partial charge in [0.15, 0.2) is 0 Å². The molecule has 5 heteroatoms. The zero-order valence-corrected chi connectivity index (χ0v) is 13.5. The van der Waals surface area contributed by atoms with Crippen molar-refractivity contribution in [3.63, 3.8) is 0 Å². The first-order chi connectivity index (χ1) is 11.6. The van der Waals surface area contributed by atoms with Crippen molar-refractivity contribution in [1.82, 2.24) is 10.2 Å². The van der Waals surface area contributed by atoms with Crippen LogP contribution in [0.4, 0.5) is 4.79 Å². The first-order valence-corrected chi connectivity index (χ1v) is 7.97. The fourth-order valence-electron chi connectivity index (χ4n) is 2.79. The zero-order valence-electron chi connectivity index (χ0n) is 13.5. The van der Waals surface area contributed by atoms with Gasteiger partial charge in [-0.1, -0.05) is 60.7 Å². The maximum Gasteiger partial charge on any atom is 0.411 e. The quantitative estimate of drug-likeness (QED) is 0.860. The Hall–Kier alpha value is -2.82. The van der Waals surface area contributed by atoms with Crippen molar-refractivity contribution in [2.24, 2.45) is 0 Å². The van der Waals surface area contributed by atoms with Gasteiger partial charge < -0.3 is 10.1 Å². The van der Waals surface area contributed by atoms with E-state index >= 15 is 0 Å². The smallest absolute Gasteiger partial charge is 0.411 e. The number of hydrogen-bond acceptors (Lipinski definition) is 3. The van der Waals surface area contributed by atoms with E-state index in [2.05, 4.69) is 5.32 Å². The van der Waals surface area contributed by atoms with Gasteiger partial charge in [0.05, 0.1) is 6.04 Å². The SMILES string of the molecule is C[C@H]1NC(=O)[C@@H]1N(Cc1ccccc1)C(=O)OCc1ccccc1. The average molecular weight is 324 g/mol. The summed E-state index contributed by atoms with van der Waals surface area (Å²) >= 11 is 0. The maximum atomic E-state index is 12.6. The molecule has 0 spiro atoms. The van der Waals surface area contributed by atoms with Crippen molar-refractivity contribution in [3.8, 4) is 0 Å². The molecule has 1 saturated heterocycles. The van der Waals surface area contributed by atoms with Gasteiger partial charge in [-0.05, 0) is 18.1 Å². The van der Waals surface area contributed by atoms with Crippen molar-refractivity contribution >= 4 is 12.0 Å². The van der Waals surface area contributed by atoms with Crippen LogP contribution in [0.2, 0.25) is 0 Å². The number of carbonyl (C=O) groups is 2. The van der Waals surface area contributed by atoms with E-state index in [1.54, 1.807) is 0 Å². The molecule has 0 radical (unpaired) electrons. The van der Waals surface area contributed by atoms with Crippen molar-refractivity contribution in [1.29, 1.82) is 0 Å². The van der Waals surface area contributed by atoms with E-state index in [0.29, 0.717) is 6.54 Å². The summed E-state index contributed by atoms with van der Waals surface area (Å²) in [6.45, 7) is 2.42. The molecule has 2 atom stereocenters. The molecule has 0 bridgehead atoms. The largest absolute Gasteiger partial charge is 0.445 e. The number of hydrogen-bond donors (Lipinski definition) is 1. The van der Waals surface area contributed by atoms with Gasteiger partial charge in [0.2, 0.25) is 5.91 Å². The molecule has 0 aromatic heterocycles. The van der Waals surface area contributed by atoms with Crippen molar-refractivity contribution < 1.29 is 14.3 Å². The molecular formula is C19H20N2O3. The number of ether oxygens (including phenoxy) is 1. The van der Waals surface area contributed by atoms with Gasteiger partial charge >= 0.3 is 6.09 Å². The van der Waals surface area contributed by atoms with Crippen molar-refractivity contribution in [2.75, 3.05) is 0 Å².